The summed E-state index contributed by atoms with van der Waals surface area (Å²) in [6.07, 6.45) is 0.957. The molecule has 0 aliphatic carbocycles. The van der Waals surface area contributed by atoms with Crippen LogP contribution >= 0.6 is 0 Å². The highest BCUT2D eigenvalue weighted by Gasteiger charge is 2.48. The summed E-state index contributed by atoms with van der Waals surface area (Å²) in [5, 5.41) is 2.92. The SMILES string of the molecule is COc1cc(-c2nc3cc(OCCCN4CC5(COC5)C4)ccc3n2CC(C)NC(C)=O)ccc1F. The van der Waals surface area contributed by atoms with Gasteiger partial charge in [0, 0.05) is 56.2 Å². The molecule has 1 atom stereocenters. The van der Waals surface area contributed by atoms with E-state index in [2.05, 4.69) is 10.2 Å². The number of benzene rings is 2. The third kappa shape index (κ3) is 5.03. The third-order valence-electron chi connectivity index (χ3n) is 6.86. The minimum Gasteiger partial charge on any atom is -0.494 e. The van der Waals surface area contributed by atoms with Gasteiger partial charge in [-0.25, -0.2) is 9.37 Å². The van der Waals surface area contributed by atoms with Crippen LogP contribution in [0.5, 0.6) is 11.5 Å². The predicted molar refractivity (Wildman–Crippen MR) is 135 cm³/mol. The number of carbonyl (C=O) groups is 1. The van der Waals surface area contributed by atoms with Crippen molar-refractivity contribution in [3.63, 3.8) is 0 Å². The van der Waals surface area contributed by atoms with Crippen molar-refractivity contribution in [2.45, 2.75) is 32.9 Å². The monoisotopic (exact) mass is 496 g/mol. The molecule has 2 saturated heterocycles. The molecule has 2 aromatic carbocycles. The first-order valence-electron chi connectivity index (χ1n) is 12.4. The van der Waals surface area contributed by atoms with Crippen LogP contribution in [0.4, 0.5) is 4.39 Å². The topological polar surface area (TPSA) is 77.9 Å². The largest absolute Gasteiger partial charge is 0.494 e. The van der Waals surface area contributed by atoms with Crippen molar-refractivity contribution in [3.05, 3.63) is 42.2 Å². The Bertz CT molecular complexity index is 1250. The second kappa shape index (κ2) is 10.1. The van der Waals surface area contributed by atoms with Crippen LogP contribution in [0.1, 0.15) is 20.3 Å². The number of methoxy groups -OCH3 is 1. The molecule has 2 aliphatic heterocycles. The van der Waals surface area contributed by atoms with Gasteiger partial charge in [-0.15, -0.1) is 0 Å². The molecule has 36 heavy (non-hydrogen) atoms. The second-order valence-corrected chi connectivity index (χ2v) is 10.1. The molecule has 1 amide bonds. The number of hydrogen-bond acceptors (Lipinski definition) is 6. The van der Waals surface area contributed by atoms with Crippen molar-refractivity contribution in [2.75, 3.05) is 46.6 Å². The lowest BCUT2D eigenvalue weighted by atomic mass is 9.78. The quantitative estimate of drug-likeness (QED) is 0.433. The van der Waals surface area contributed by atoms with E-state index in [4.69, 9.17) is 19.2 Å². The van der Waals surface area contributed by atoms with Crippen molar-refractivity contribution in [1.82, 2.24) is 19.8 Å². The molecule has 3 heterocycles. The van der Waals surface area contributed by atoms with E-state index in [0.29, 0.717) is 24.4 Å². The number of rotatable bonds is 10. The van der Waals surface area contributed by atoms with Gasteiger partial charge in [0.2, 0.25) is 5.91 Å². The number of halogens is 1. The second-order valence-electron chi connectivity index (χ2n) is 10.1. The average Bonchev–Trinajstić information content (AvgIpc) is 3.13. The van der Waals surface area contributed by atoms with Gasteiger partial charge in [0.25, 0.3) is 0 Å². The predicted octanol–water partition coefficient (Wildman–Crippen LogP) is 3.48. The van der Waals surface area contributed by atoms with Gasteiger partial charge in [-0.05, 0) is 43.7 Å². The molecular formula is C27H33FN4O4. The maximum atomic E-state index is 14.1. The Balaban J connectivity index is 1.32. The van der Waals surface area contributed by atoms with Crippen LogP contribution in [0.3, 0.4) is 0 Å². The van der Waals surface area contributed by atoms with E-state index < -0.39 is 5.82 Å². The zero-order chi connectivity index (χ0) is 25.3. The summed E-state index contributed by atoms with van der Waals surface area (Å²) >= 11 is 0. The summed E-state index contributed by atoms with van der Waals surface area (Å²) in [6.45, 7) is 9.68. The Morgan fingerprint density at radius 1 is 1.25 bits per heavy atom. The molecule has 5 rings (SSSR count). The van der Waals surface area contributed by atoms with Gasteiger partial charge in [-0.2, -0.15) is 0 Å². The maximum absolute atomic E-state index is 14.1. The fourth-order valence-electron chi connectivity index (χ4n) is 5.18. The fraction of sp³-hybridized carbons (Fsp3) is 0.481. The lowest BCUT2D eigenvalue weighted by molar-refractivity contribution is -0.189. The van der Waals surface area contributed by atoms with Crippen molar-refractivity contribution in [2.24, 2.45) is 5.41 Å². The molecule has 0 radical (unpaired) electrons. The van der Waals surface area contributed by atoms with E-state index in [0.717, 1.165) is 61.6 Å². The molecule has 8 nitrogen and oxygen atoms in total. The van der Waals surface area contributed by atoms with Crippen molar-refractivity contribution < 1.29 is 23.4 Å². The summed E-state index contributed by atoms with van der Waals surface area (Å²) in [5.41, 5.74) is 2.85. The lowest BCUT2D eigenvalue weighted by Crippen LogP contribution is -2.65. The molecule has 1 spiro atoms. The van der Waals surface area contributed by atoms with Crippen LogP contribution in [0.25, 0.3) is 22.4 Å². The highest BCUT2D eigenvalue weighted by molar-refractivity contribution is 5.82. The Morgan fingerprint density at radius 3 is 2.75 bits per heavy atom. The highest BCUT2D eigenvalue weighted by Crippen LogP contribution is 2.37. The first-order valence-corrected chi connectivity index (χ1v) is 12.4. The normalized spacial score (nSPS) is 17.4. The van der Waals surface area contributed by atoms with Crippen molar-refractivity contribution in [1.29, 1.82) is 0 Å². The smallest absolute Gasteiger partial charge is 0.217 e. The first-order chi connectivity index (χ1) is 17.4. The van der Waals surface area contributed by atoms with Crippen molar-refractivity contribution >= 4 is 16.9 Å². The summed E-state index contributed by atoms with van der Waals surface area (Å²) in [7, 11) is 1.44. The molecular weight excluding hydrogens is 463 g/mol. The van der Waals surface area contributed by atoms with Crippen LogP contribution in [0.15, 0.2) is 36.4 Å². The first kappa shape index (κ1) is 24.5. The number of amides is 1. The van der Waals surface area contributed by atoms with Gasteiger partial charge in [0.05, 0.1) is 38.0 Å². The molecule has 1 unspecified atom stereocenters. The van der Waals surface area contributed by atoms with Crippen LogP contribution in [-0.4, -0.2) is 73.0 Å². The maximum Gasteiger partial charge on any atom is 0.217 e. The van der Waals surface area contributed by atoms with Gasteiger partial charge in [-0.1, -0.05) is 0 Å². The van der Waals surface area contributed by atoms with Gasteiger partial charge < -0.3 is 29.0 Å². The Morgan fingerprint density at radius 2 is 2.06 bits per heavy atom. The highest BCUT2D eigenvalue weighted by atomic mass is 19.1. The molecule has 1 N–H and O–H groups in total. The van der Waals surface area contributed by atoms with Gasteiger partial charge in [-0.3, -0.25) is 4.79 Å². The molecule has 9 heteroatoms. The lowest BCUT2D eigenvalue weighted by Gasteiger charge is -2.55. The third-order valence-corrected chi connectivity index (χ3v) is 6.86. The molecule has 0 bridgehead atoms. The molecule has 2 aliphatic rings. The fourth-order valence-corrected chi connectivity index (χ4v) is 5.18. The number of aromatic nitrogens is 2. The number of nitrogens with zero attached hydrogens (tertiary/aromatic N) is 3. The number of likely N-dealkylation sites (tertiary alicyclic amines) is 1. The van der Waals surface area contributed by atoms with E-state index in [9.17, 15) is 9.18 Å². The number of hydrogen-bond donors (Lipinski definition) is 1. The zero-order valence-corrected chi connectivity index (χ0v) is 21.1. The number of imidazole rings is 1. The van der Waals surface area contributed by atoms with Gasteiger partial charge >= 0.3 is 0 Å². The average molecular weight is 497 g/mol. The molecule has 1 aromatic heterocycles. The van der Waals surface area contributed by atoms with E-state index in [-0.39, 0.29) is 17.7 Å². The summed E-state index contributed by atoms with van der Waals surface area (Å²) in [5.74, 6) is 1.06. The van der Waals surface area contributed by atoms with E-state index in [1.165, 1.54) is 20.1 Å². The molecule has 3 aromatic rings. The van der Waals surface area contributed by atoms with E-state index >= 15 is 0 Å². The van der Waals surface area contributed by atoms with Crippen molar-refractivity contribution in [3.8, 4) is 22.9 Å². The zero-order valence-electron chi connectivity index (χ0n) is 21.1. The summed E-state index contributed by atoms with van der Waals surface area (Å²) in [6, 6.07) is 10.4. The molecule has 192 valence electrons. The van der Waals surface area contributed by atoms with Crippen LogP contribution < -0.4 is 14.8 Å². The Kier molecular flexibility index (Phi) is 6.85. The van der Waals surface area contributed by atoms with Crippen LogP contribution in [-0.2, 0) is 16.1 Å². The molecule has 2 fully saturated rings. The van der Waals surface area contributed by atoms with Gasteiger partial charge in [0.15, 0.2) is 11.6 Å². The van der Waals surface area contributed by atoms with Crippen LogP contribution in [0, 0.1) is 11.2 Å². The molecule has 0 saturated carbocycles. The summed E-state index contributed by atoms with van der Waals surface area (Å²) in [4.78, 5) is 18.9. The summed E-state index contributed by atoms with van der Waals surface area (Å²) < 4.78 is 32.7. The van der Waals surface area contributed by atoms with Crippen LogP contribution in [0.2, 0.25) is 0 Å². The van der Waals surface area contributed by atoms with E-state index in [1.54, 1.807) is 12.1 Å². The Labute approximate surface area is 210 Å². The minimum absolute atomic E-state index is 0.0953. The number of carbonyl (C=O) groups excluding carboxylic acids is 1. The number of fused-ring (bicyclic) bond motifs is 1. The standard InChI is InChI=1S/C27H33FN4O4/c1-18(29-19(2)33)13-32-24-8-6-21(36-10-4-9-31-14-27(15-31)16-35-17-27)12-23(24)30-26(32)20-5-7-22(28)25(11-20)34-3/h5-8,11-12,18H,4,9-10,13-17H2,1-3H3,(H,29,33). The minimum atomic E-state index is -0.430. The van der Waals surface area contributed by atoms with E-state index in [1.807, 2.05) is 29.7 Å². The number of ether oxygens (including phenoxy) is 3. The number of nitrogens with one attached hydrogen (secondary N) is 1. The Hall–Kier alpha value is -3.17. The van der Waals surface area contributed by atoms with Gasteiger partial charge in [0.1, 0.15) is 11.6 Å².